The van der Waals surface area contributed by atoms with Crippen molar-refractivity contribution in [3.63, 3.8) is 0 Å². The molecule has 0 unspecified atom stereocenters. The Morgan fingerprint density at radius 2 is 1.67 bits per heavy atom. The lowest BCUT2D eigenvalue weighted by Crippen LogP contribution is -2.38. The predicted octanol–water partition coefficient (Wildman–Crippen LogP) is 4.32. The van der Waals surface area contributed by atoms with Crippen LogP contribution in [0.2, 0.25) is 10.0 Å². The van der Waals surface area contributed by atoms with Crippen molar-refractivity contribution in [2.75, 3.05) is 0 Å². The molecule has 4 heteroatoms. The molecule has 2 aromatic carbocycles. The zero-order valence-corrected chi connectivity index (χ0v) is 12.6. The van der Waals surface area contributed by atoms with E-state index in [1.165, 1.54) is 0 Å². The van der Waals surface area contributed by atoms with Gasteiger partial charge in [-0.05, 0) is 42.5 Å². The fourth-order valence-electron chi connectivity index (χ4n) is 2.27. The van der Waals surface area contributed by atoms with Crippen LogP contribution in [0.25, 0.3) is 10.9 Å². The Hall–Kier alpha value is -1.90. The maximum absolute atomic E-state index is 12.3. The van der Waals surface area contributed by atoms with E-state index in [4.69, 9.17) is 23.2 Å². The summed E-state index contributed by atoms with van der Waals surface area (Å²) in [5.74, 6) is 0.0408. The first-order chi connectivity index (χ1) is 10.1. The minimum atomic E-state index is 0.0408. The number of hydrogen-bond acceptors (Lipinski definition) is 1. The van der Waals surface area contributed by atoms with E-state index in [-0.39, 0.29) is 12.3 Å². The molecule has 0 amide bonds. The number of halogens is 2. The summed E-state index contributed by atoms with van der Waals surface area (Å²) >= 11 is 11.8. The number of carbonyl (C=O) groups is 1. The number of ketones is 1. The maximum atomic E-state index is 12.3. The first-order valence-corrected chi connectivity index (χ1v) is 7.25. The summed E-state index contributed by atoms with van der Waals surface area (Å²) in [5.41, 5.74) is 1.63. The average molecular weight is 317 g/mol. The number of pyridine rings is 1. The van der Waals surface area contributed by atoms with E-state index in [9.17, 15) is 4.79 Å². The number of benzene rings is 2. The minimum absolute atomic E-state index is 0.0408. The maximum Gasteiger partial charge on any atom is 0.227 e. The molecule has 0 aliphatic carbocycles. The molecule has 0 fully saturated rings. The summed E-state index contributed by atoms with van der Waals surface area (Å²) in [5, 5.41) is 2.32. The number of Topliss-reactive ketones (excluding diaryl/α,β-unsaturated/α-hetero) is 1. The average Bonchev–Trinajstić information content (AvgIpc) is 2.47. The van der Waals surface area contributed by atoms with Gasteiger partial charge in [-0.3, -0.25) is 4.79 Å². The largest absolute Gasteiger partial charge is 0.287 e. The molecule has 3 aromatic rings. The lowest BCUT2D eigenvalue weighted by molar-refractivity contribution is -0.657. The van der Waals surface area contributed by atoms with E-state index in [1.54, 1.807) is 24.3 Å². The highest BCUT2D eigenvalue weighted by atomic mass is 35.5. The molecule has 21 heavy (non-hydrogen) atoms. The zero-order chi connectivity index (χ0) is 14.8. The normalized spacial score (nSPS) is 10.8. The van der Waals surface area contributed by atoms with Gasteiger partial charge in [-0.2, -0.15) is 4.57 Å². The number of fused-ring (bicyclic) bond motifs is 1. The van der Waals surface area contributed by atoms with Crippen molar-refractivity contribution in [1.29, 1.82) is 0 Å². The third-order valence-electron chi connectivity index (χ3n) is 3.32. The predicted molar refractivity (Wildman–Crippen MR) is 84.9 cm³/mol. The van der Waals surface area contributed by atoms with Gasteiger partial charge in [0.1, 0.15) is 0 Å². The number of aromatic nitrogens is 1. The first kappa shape index (κ1) is 14.1. The highest BCUT2D eigenvalue weighted by Crippen LogP contribution is 2.16. The van der Waals surface area contributed by atoms with Crippen LogP contribution in [0.5, 0.6) is 0 Å². The molecule has 0 saturated carbocycles. The second kappa shape index (κ2) is 5.84. The molecule has 0 saturated heterocycles. The Morgan fingerprint density at radius 1 is 0.952 bits per heavy atom. The Labute approximate surface area is 132 Å². The van der Waals surface area contributed by atoms with E-state index >= 15 is 0 Å². The lowest BCUT2D eigenvalue weighted by Gasteiger charge is -2.02. The second-order valence-corrected chi connectivity index (χ2v) is 5.64. The SMILES string of the molecule is O=C(C[n+]1cccc2cc(Cl)ccc21)c1ccc(Cl)cc1. The van der Waals surface area contributed by atoms with Crippen molar-refractivity contribution in [3.05, 3.63) is 76.4 Å². The molecule has 2 nitrogen and oxygen atoms in total. The van der Waals surface area contributed by atoms with Crippen LogP contribution in [-0.2, 0) is 6.54 Å². The molecule has 104 valence electrons. The van der Waals surface area contributed by atoms with Crippen molar-refractivity contribution in [1.82, 2.24) is 0 Å². The van der Waals surface area contributed by atoms with Crippen LogP contribution in [0.1, 0.15) is 10.4 Å². The van der Waals surface area contributed by atoms with Crippen molar-refractivity contribution < 1.29 is 9.36 Å². The van der Waals surface area contributed by atoms with Gasteiger partial charge in [0.25, 0.3) is 0 Å². The molecular formula is C17H12Cl2NO+. The summed E-state index contributed by atoms with van der Waals surface area (Å²) in [6.45, 7) is 0.278. The van der Waals surface area contributed by atoms with Crippen molar-refractivity contribution in [2.24, 2.45) is 0 Å². The molecule has 0 atom stereocenters. The van der Waals surface area contributed by atoms with Crippen LogP contribution in [0.3, 0.4) is 0 Å². The Morgan fingerprint density at radius 3 is 2.43 bits per heavy atom. The molecule has 0 bridgehead atoms. The summed E-state index contributed by atoms with van der Waals surface area (Å²) < 4.78 is 1.92. The number of rotatable bonds is 3. The third-order valence-corrected chi connectivity index (χ3v) is 3.81. The summed E-state index contributed by atoms with van der Waals surface area (Å²) in [4.78, 5) is 12.3. The topological polar surface area (TPSA) is 20.9 Å². The Kier molecular flexibility index (Phi) is 3.91. The molecule has 1 heterocycles. The molecule has 0 N–H and O–H groups in total. The molecule has 0 aliphatic heterocycles. The van der Waals surface area contributed by atoms with Gasteiger partial charge >= 0.3 is 0 Å². The number of hydrogen-bond donors (Lipinski definition) is 0. The van der Waals surface area contributed by atoms with Crippen LogP contribution >= 0.6 is 23.2 Å². The summed E-state index contributed by atoms with van der Waals surface area (Å²) in [7, 11) is 0. The van der Waals surface area contributed by atoms with Crippen LogP contribution in [0, 0.1) is 0 Å². The summed E-state index contributed by atoms with van der Waals surface area (Å²) in [6, 6.07) is 16.5. The minimum Gasteiger partial charge on any atom is -0.287 e. The quantitative estimate of drug-likeness (QED) is 0.521. The molecule has 3 rings (SSSR count). The fourth-order valence-corrected chi connectivity index (χ4v) is 2.58. The first-order valence-electron chi connectivity index (χ1n) is 6.50. The zero-order valence-electron chi connectivity index (χ0n) is 11.1. The highest BCUT2D eigenvalue weighted by Gasteiger charge is 2.15. The fraction of sp³-hybridized carbons (Fsp3) is 0.0588. The van der Waals surface area contributed by atoms with E-state index in [1.807, 2.05) is 41.1 Å². The van der Waals surface area contributed by atoms with Gasteiger partial charge in [-0.25, -0.2) is 0 Å². The number of carbonyl (C=O) groups excluding carboxylic acids is 1. The van der Waals surface area contributed by atoms with Gasteiger partial charge in [-0.1, -0.05) is 23.2 Å². The summed E-state index contributed by atoms with van der Waals surface area (Å²) in [6.07, 6.45) is 1.89. The van der Waals surface area contributed by atoms with Gasteiger partial charge in [0, 0.05) is 33.1 Å². The number of nitrogens with zero attached hydrogens (tertiary/aromatic N) is 1. The molecule has 0 aliphatic rings. The monoisotopic (exact) mass is 316 g/mol. The molecule has 0 radical (unpaired) electrons. The van der Waals surface area contributed by atoms with E-state index in [0.717, 1.165) is 10.9 Å². The van der Waals surface area contributed by atoms with E-state index in [2.05, 4.69) is 0 Å². The molecule has 0 spiro atoms. The van der Waals surface area contributed by atoms with Gasteiger partial charge in [0.15, 0.2) is 6.20 Å². The van der Waals surface area contributed by atoms with E-state index in [0.29, 0.717) is 15.6 Å². The van der Waals surface area contributed by atoms with Crippen LogP contribution < -0.4 is 4.57 Å². The van der Waals surface area contributed by atoms with Crippen LogP contribution in [0.4, 0.5) is 0 Å². The van der Waals surface area contributed by atoms with Crippen molar-refractivity contribution >= 4 is 39.9 Å². The smallest absolute Gasteiger partial charge is 0.227 e. The van der Waals surface area contributed by atoms with Gasteiger partial charge in [0.05, 0.1) is 0 Å². The molecule has 1 aromatic heterocycles. The van der Waals surface area contributed by atoms with Crippen molar-refractivity contribution in [2.45, 2.75) is 6.54 Å². The lowest BCUT2D eigenvalue weighted by atomic mass is 10.1. The van der Waals surface area contributed by atoms with Gasteiger partial charge in [-0.15, -0.1) is 0 Å². The van der Waals surface area contributed by atoms with Gasteiger partial charge < -0.3 is 0 Å². The standard InChI is InChI=1S/C17H12Cl2NO/c18-14-5-3-12(4-6-14)17(21)11-20-9-1-2-13-10-15(19)7-8-16(13)20/h1-10H,11H2/q+1. The van der Waals surface area contributed by atoms with Crippen LogP contribution in [0.15, 0.2) is 60.8 Å². The third kappa shape index (κ3) is 3.07. The molecular weight excluding hydrogens is 305 g/mol. The second-order valence-electron chi connectivity index (χ2n) is 4.77. The Bertz CT molecular complexity index is 813. The van der Waals surface area contributed by atoms with Crippen LogP contribution in [-0.4, -0.2) is 5.78 Å². The van der Waals surface area contributed by atoms with Crippen molar-refractivity contribution in [3.8, 4) is 0 Å². The Balaban J connectivity index is 1.94. The van der Waals surface area contributed by atoms with E-state index < -0.39 is 0 Å². The highest BCUT2D eigenvalue weighted by molar-refractivity contribution is 6.31. The van der Waals surface area contributed by atoms with Gasteiger partial charge in [0.2, 0.25) is 17.8 Å².